The molecule has 86 valence electrons. The van der Waals surface area contributed by atoms with E-state index in [2.05, 4.69) is 21.5 Å². The van der Waals surface area contributed by atoms with Crippen molar-refractivity contribution in [1.29, 1.82) is 5.26 Å². The Hall–Kier alpha value is -1.62. The smallest absolute Gasteiger partial charge is 0.189 e. The van der Waals surface area contributed by atoms with Gasteiger partial charge >= 0.3 is 0 Å². The summed E-state index contributed by atoms with van der Waals surface area (Å²) in [5, 5.41) is 11.7. The Bertz CT molecular complexity index is 559. The molecule has 0 atom stereocenters. The van der Waals surface area contributed by atoms with E-state index in [0.717, 1.165) is 4.88 Å². The van der Waals surface area contributed by atoms with Crippen LogP contribution < -0.4 is 11.3 Å². The van der Waals surface area contributed by atoms with Crippen LogP contribution in [-0.4, -0.2) is 16.2 Å². The molecule has 0 aliphatic heterocycles. The predicted molar refractivity (Wildman–Crippen MR) is 69.7 cm³/mol. The molecule has 0 amide bonds. The van der Waals surface area contributed by atoms with Crippen LogP contribution in [0.15, 0.2) is 22.7 Å². The summed E-state index contributed by atoms with van der Waals surface area (Å²) >= 11 is 2.93. The molecule has 3 N–H and O–H groups in total. The van der Waals surface area contributed by atoms with Gasteiger partial charge in [0, 0.05) is 0 Å². The van der Waals surface area contributed by atoms with Gasteiger partial charge in [-0.25, -0.2) is 15.8 Å². The third-order valence-corrected chi connectivity index (χ3v) is 3.50. The second-order valence-electron chi connectivity index (χ2n) is 3.02. The summed E-state index contributed by atoms with van der Waals surface area (Å²) in [6, 6.07) is 5.91. The molecule has 0 aromatic carbocycles. The zero-order valence-corrected chi connectivity index (χ0v) is 10.6. The van der Waals surface area contributed by atoms with Gasteiger partial charge in [-0.15, -0.1) is 11.3 Å². The molecule has 5 nitrogen and oxygen atoms in total. The monoisotopic (exact) mass is 263 g/mol. The van der Waals surface area contributed by atoms with Crippen LogP contribution in [0, 0.1) is 11.3 Å². The Morgan fingerprint density at radius 2 is 2.35 bits per heavy atom. The van der Waals surface area contributed by atoms with Crippen LogP contribution in [-0.2, 0) is 0 Å². The molecule has 0 spiro atoms. The highest BCUT2D eigenvalue weighted by Crippen LogP contribution is 2.30. The lowest BCUT2D eigenvalue weighted by molar-refractivity contribution is 0.967. The molecular formula is C10H9N5S2. The van der Waals surface area contributed by atoms with Gasteiger partial charge in [-0.05, 0) is 17.7 Å². The summed E-state index contributed by atoms with van der Waals surface area (Å²) < 4.78 is 0. The van der Waals surface area contributed by atoms with Gasteiger partial charge in [0.25, 0.3) is 0 Å². The minimum absolute atomic E-state index is 0.357. The van der Waals surface area contributed by atoms with Crippen molar-refractivity contribution in [3.63, 3.8) is 0 Å². The number of rotatable bonds is 3. The molecule has 0 saturated carbocycles. The molecular weight excluding hydrogens is 254 g/mol. The van der Waals surface area contributed by atoms with Crippen LogP contribution in [0.3, 0.4) is 0 Å². The van der Waals surface area contributed by atoms with Crippen molar-refractivity contribution in [2.45, 2.75) is 5.16 Å². The first-order chi connectivity index (χ1) is 8.30. The van der Waals surface area contributed by atoms with E-state index in [-0.39, 0.29) is 0 Å². The fraction of sp³-hybridized carbons (Fsp3) is 0.100. The SMILES string of the molecule is CSc1nc(NN)c(C#N)c(-c2cccs2)n1. The standard InChI is InChI=1S/C10H9N5S2/c1-16-10-13-8(7-3-2-4-17-7)6(5-11)9(14-10)15-12/h2-4H,12H2,1H3,(H,13,14,15). The number of aromatic nitrogens is 2. The normalized spacial score (nSPS) is 9.94. The van der Waals surface area contributed by atoms with E-state index in [1.807, 2.05) is 23.8 Å². The number of nitrogens with one attached hydrogen (secondary N) is 1. The quantitative estimate of drug-likeness (QED) is 0.381. The topological polar surface area (TPSA) is 87.6 Å². The highest BCUT2D eigenvalue weighted by atomic mass is 32.2. The molecule has 2 rings (SSSR count). The predicted octanol–water partition coefficient (Wildman–Crippen LogP) is 2.08. The first kappa shape index (κ1) is 11.9. The molecule has 0 bridgehead atoms. The van der Waals surface area contributed by atoms with Gasteiger partial charge < -0.3 is 5.43 Å². The van der Waals surface area contributed by atoms with Gasteiger partial charge in [0.1, 0.15) is 17.3 Å². The lowest BCUT2D eigenvalue weighted by Gasteiger charge is -2.07. The summed E-state index contributed by atoms with van der Waals surface area (Å²) in [5.74, 6) is 5.73. The van der Waals surface area contributed by atoms with Crippen molar-refractivity contribution in [2.24, 2.45) is 5.84 Å². The number of nitrogens with two attached hydrogens (primary N) is 1. The number of nitrogen functional groups attached to an aromatic ring is 1. The molecule has 0 unspecified atom stereocenters. The Balaban J connectivity index is 2.68. The van der Waals surface area contributed by atoms with Gasteiger partial charge in [-0.3, -0.25) is 0 Å². The average Bonchev–Trinajstić information content (AvgIpc) is 2.90. The van der Waals surface area contributed by atoms with E-state index < -0.39 is 0 Å². The van der Waals surface area contributed by atoms with Gasteiger partial charge in [-0.2, -0.15) is 5.26 Å². The van der Waals surface area contributed by atoms with Crippen molar-refractivity contribution < 1.29 is 0 Å². The van der Waals surface area contributed by atoms with E-state index >= 15 is 0 Å². The molecule has 2 heterocycles. The molecule has 17 heavy (non-hydrogen) atoms. The highest BCUT2D eigenvalue weighted by molar-refractivity contribution is 7.98. The molecule has 0 radical (unpaired) electrons. The number of thiophene rings is 1. The highest BCUT2D eigenvalue weighted by Gasteiger charge is 2.15. The van der Waals surface area contributed by atoms with Crippen LogP contribution in [0.4, 0.5) is 5.82 Å². The van der Waals surface area contributed by atoms with Crippen molar-refractivity contribution in [1.82, 2.24) is 9.97 Å². The fourth-order valence-corrected chi connectivity index (χ4v) is 2.42. The van der Waals surface area contributed by atoms with E-state index in [0.29, 0.717) is 22.2 Å². The molecule has 0 saturated heterocycles. The summed E-state index contributed by atoms with van der Waals surface area (Å²) in [5.41, 5.74) is 3.43. The number of thioether (sulfide) groups is 1. The Kier molecular flexibility index (Phi) is 3.58. The number of hydrazine groups is 1. The van der Waals surface area contributed by atoms with Crippen molar-refractivity contribution in [3.8, 4) is 16.6 Å². The molecule has 0 aliphatic rings. The van der Waals surface area contributed by atoms with E-state index in [1.165, 1.54) is 23.1 Å². The molecule has 2 aromatic rings. The Morgan fingerprint density at radius 1 is 1.53 bits per heavy atom. The van der Waals surface area contributed by atoms with Crippen molar-refractivity contribution in [3.05, 3.63) is 23.1 Å². The second-order valence-corrected chi connectivity index (χ2v) is 4.74. The molecule has 7 heteroatoms. The lowest BCUT2D eigenvalue weighted by atomic mass is 10.2. The van der Waals surface area contributed by atoms with Crippen LogP contribution >= 0.6 is 23.1 Å². The van der Waals surface area contributed by atoms with Gasteiger partial charge in [0.2, 0.25) is 0 Å². The van der Waals surface area contributed by atoms with Crippen LogP contribution in [0.5, 0.6) is 0 Å². The summed E-state index contributed by atoms with van der Waals surface area (Å²) in [4.78, 5) is 9.43. The number of anilines is 1. The summed E-state index contributed by atoms with van der Waals surface area (Å²) in [6.45, 7) is 0. The maximum Gasteiger partial charge on any atom is 0.189 e. The molecule has 0 aliphatic carbocycles. The molecule has 0 fully saturated rings. The van der Waals surface area contributed by atoms with E-state index in [9.17, 15) is 0 Å². The third kappa shape index (κ3) is 2.24. The van der Waals surface area contributed by atoms with Crippen molar-refractivity contribution >= 4 is 28.9 Å². The summed E-state index contributed by atoms with van der Waals surface area (Å²) in [6.07, 6.45) is 1.87. The summed E-state index contributed by atoms with van der Waals surface area (Å²) in [7, 11) is 0. The first-order valence-electron chi connectivity index (χ1n) is 4.66. The van der Waals surface area contributed by atoms with E-state index in [4.69, 9.17) is 11.1 Å². The second kappa shape index (κ2) is 5.14. The zero-order chi connectivity index (χ0) is 12.3. The zero-order valence-electron chi connectivity index (χ0n) is 8.97. The van der Waals surface area contributed by atoms with Crippen LogP contribution in [0.25, 0.3) is 10.6 Å². The fourth-order valence-electron chi connectivity index (χ4n) is 1.33. The molecule has 2 aromatic heterocycles. The van der Waals surface area contributed by atoms with Gasteiger partial charge in [0.05, 0.1) is 4.88 Å². The van der Waals surface area contributed by atoms with Crippen LogP contribution in [0.2, 0.25) is 0 Å². The minimum Gasteiger partial charge on any atom is -0.307 e. The average molecular weight is 263 g/mol. The maximum absolute atomic E-state index is 9.17. The van der Waals surface area contributed by atoms with E-state index in [1.54, 1.807) is 0 Å². The van der Waals surface area contributed by atoms with Crippen LogP contribution in [0.1, 0.15) is 5.56 Å². The van der Waals surface area contributed by atoms with Gasteiger partial charge in [-0.1, -0.05) is 17.8 Å². The van der Waals surface area contributed by atoms with Crippen molar-refractivity contribution in [2.75, 3.05) is 11.7 Å². The Labute approximate surface area is 107 Å². The number of nitrogens with zero attached hydrogens (tertiary/aromatic N) is 3. The maximum atomic E-state index is 9.17. The Morgan fingerprint density at radius 3 is 2.88 bits per heavy atom. The minimum atomic E-state index is 0.357. The lowest BCUT2D eigenvalue weighted by Crippen LogP contribution is -2.12. The van der Waals surface area contributed by atoms with Gasteiger partial charge in [0.15, 0.2) is 11.0 Å². The number of hydrogen-bond donors (Lipinski definition) is 2. The largest absolute Gasteiger partial charge is 0.307 e. The third-order valence-electron chi connectivity index (χ3n) is 2.07. The number of hydrogen-bond acceptors (Lipinski definition) is 7. The number of nitriles is 1. The first-order valence-corrected chi connectivity index (χ1v) is 6.77.